The molecule has 0 heterocycles. The van der Waals surface area contributed by atoms with Gasteiger partial charge in [0.15, 0.2) is 0 Å². The molecule has 2 rings (SSSR count). The third kappa shape index (κ3) is 3.21. The average molecular weight is 239 g/mol. The molecule has 0 saturated heterocycles. The summed E-state index contributed by atoms with van der Waals surface area (Å²) in [6, 6.07) is 15.2. The molecule has 1 heteroatoms. The van der Waals surface area contributed by atoms with Crippen molar-refractivity contribution >= 4 is 0 Å². The molecule has 18 heavy (non-hydrogen) atoms. The summed E-state index contributed by atoms with van der Waals surface area (Å²) in [5.74, 6) is 0. The molecular weight excluding hydrogens is 218 g/mol. The lowest BCUT2D eigenvalue weighted by Crippen LogP contribution is -2.13. The van der Waals surface area contributed by atoms with E-state index in [0.717, 1.165) is 13.1 Å². The summed E-state index contributed by atoms with van der Waals surface area (Å²) in [7, 11) is 0. The molecule has 0 radical (unpaired) electrons. The van der Waals surface area contributed by atoms with Crippen LogP contribution in [0.1, 0.15) is 27.8 Å². The van der Waals surface area contributed by atoms with Crippen molar-refractivity contribution in [2.75, 3.05) is 0 Å². The molecule has 0 aliphatic rings. The topological polar surface area (TPSA) is 12.0 Å². The van der Waals surface area contributed by atoms with E-state index in [-0.39, 0.29) is 0 Å². The highest BCUT2D eigenvalue weighted by molar-refractivity contribution is 5.30. The van der Waals surface area contributed by atoms with Crippen molar-refractivity contribution in [2.24, 2.45) is 0 Å². The minimum absolute atomic E-state index is 0.926. The van der Waals surface area contributed by atoms with Crippen LogP contribution in [0.25, 0.3) is 0 Å². The fraction of sp³-hybridized carbons (Fsp3) is 0.294. The number of benzene rings is 2. The largest absolute Gasteiger partial charge is 0.309 e. The molecular formula is C17H21N. The summed E-state index contributed by atoms with van der Waals surface area (Å²) in [4.78, 5) is 0. The highest BCUT2D eigenvalue weighted by atomic mass is 14.8. The van der Waals surface area contributed by atoms with Gasteiger partial charge in [0.1, 0.15) is 0 Å². The lowest BCUT2D eigenvalue weighted by molar-refractivity contribution is 0.690. The molecule has 2 aromatic carbocycles. The van der Waals surface area contributed by atoms with Crippen LogP contribution in [0.15, 0.2) is 42.5 Å². The predicted molar refractivity (Wildman–Crippen MR) is 77.6 cm³/mol. The highest BCUT2D eigenvalue weighted by Gasteiger charge is 1.98. The van der Waals surface area contributed by atoms with Crippen LogP contribution in [0.5, 0.6) is 0 Å². The second-order valence-corrected chi connectivity index (χ2v) is 4.95. The summed E-state index contributed by atoms with van der Waals surface area (Å²) in [6.07, 6.45) is 0. The summed E-state index contributed by atoms with van der Waals surface area (Å²) in [5.41, 5.74) is 6.81. The minimum atomic E-state index is 0.926. The van der Waals surface area contributed by atoms with Crippen LogP contribution in [0.2, 0.25) is 0 Å². The Balaban J connectivity index is 1.92. The normalized spacial score (nSPS) is 10.6. The summed E-state index contributed by atoms with van der Waals surface area (Å²) in [5, 5.41) is 3.51. The summed E-state index contributed by atoms with van der Waals surface area (Å²) in [6.45, 7) is 8.34. The van der Waals surface area contributed by atoms with Crippen molar-refractivity contribution in [2.45, 2.75) is 33.9 Å². The summed E-state index contributed by atoms with van der Waals surface area (Å²) < 4.78 is 0. The van der Waals surface area contributed by atoms with E-state index in [4.69, 9.17) is 0 Å². The van der Waals surface area contributed by atoms with Gasteiger partial charge in [-0.3, -0.25) is 0 Å². The lowest BCUT2D eigenvalue weighted by Gasteiger charge is -2.09. The predicted octanol–water partition coefficient (Wildman–Crippen LogP) is 3.90. The van der Waals surface area contributed by atoms with Gasteiger partial charge in [-0.25, -0.2) is 0 Å². The first-order valence-corrected chi connectivity index (χ1v) is 6.48. The number of hydrogen-bond acceptors (Lipinski definition) is 1. The molecule has 0 unspecified atom stereocenters. The molecule has 94 valence electrons. The zero-order valence-electron chi connectivity index (χ0n) is 11.5. The Kier molecular flexibility index (Phi) is 4.16. The van der Waals surface area contributed by atoms with Gasteiger partial charge in [-0.2, -0.15) is 0 Å². The first-order valence-electron chi connectivity index (χ1n) is 6.48. The number of rotatable bonds is 4. The van der Waals surface area contributed by atoms with Crippen molar-refractivity contribution in [1.29, 1.82) is 0 Å². The van der Waals surface area contributed by atoms with Gasteiger partial charge in [-0.15, -0.1) is 0 Å². The van der Waals surface area contributed by atoms with Crippen molar-refractivity contribution in [3.8, 4) is 0 Å². The Bertz CT molecular complexity index is 529. The average Bonchev–Trinajstić information content (AvgIpc) is 2.36. The van der Waals surface area contributed by atoms with Gasteiger partial charge >= 0.3 is 0 Å². The first-order chi connectivity index (χ1) is 8.66. The first kappa shape index (κ1) is 12.8. The second kappa shape index (κ2) is 5.83. The molecule has 0 atom stereocenters. The Morgan fingerprint density at radius 1 is 0.778 bits per heavy atom. The van der Waals surface area contributed by atoms with Gasteiger partial charge in [-0.05, 0) is 48.6 Å². The maximum absolute atomic E-state index is 3.51. The third-order valence-corrected chi connectivity index (χ3v) is 3.48. The quantitative estimate of drug-likeness (QED) is 0.853. The maximum atomic E-state index is 3.51. The number of nitrogens with one attached hydrogen (secondary N) is 1. The second-order valence-electron chi connectivity index (χ2n) is 4.95. The molecule has 0 fully saturated rings. The molecule has 0 aliphatic heterocycles. The smallest absolute Gasteiger partial charge is 0.0211 e. The fourth-order valence-corrected chi connectivity index (χ4v) is 2.06. The zero-order valence-corrected chi connectivity index (χ0v) is 11.5. The van der Waals surface area contributed by atoms with Crippen LogP contribution in [0, 0.1) is 20.8 Å². The molecule has 1 nitrogen and oxygen atoms in total. The van der Waals surface area contributed by atoms with E-state index in [2.05, 4.69) is 68.6 Å². The van der Waals surface area contributed by atoms with Gasteiger partial charge in [0.2, 0.25) is 0 Å². The van der Waals surface area contributed by atoms with E-state index in [0.29, 0.717) is 0 Å². The van der Waals surface area contributed by atoms with Gasteiger partial charge in [-0.1, -0.05) is 42.5 Å². The molecule has 1 N–H and O–H groups in total. The molecule has 0 saturated carbocycles. The van der Waals surface area contributed by atoms with E-state index in [1.807, 2.05) is 0 Å². The van der Waals surface area contributed by atoms with Gasteiger partial charge in [0.25, 0.3) is 0 Å². The van der Waals surface area contributed by atoms with Crippen molar-refractivity contribution in [1.82, 2.24) is 5.32 Å². The molecule has 0 amide bonds. The van der Waals surface area contributed by atoms with E-state index in [9.17, 15) is 0 Å². The molecule has 0 aromatic heterocycles. The molecule has 2 aromatic rings. The van der Waals surface area contributed by atoms with E-state index in [1.54, 1.807) is 0 Å². The van der Waals surface area contributed by atoms with Crippen molar-refractivity contribution < 1.29 is 0 Å². The Hall–Kier alpha value is -1.60. The van der Waals surface area contributed by atoms with Crippen molar-refractivity contribution in [3.05, 3.63) is 70.3 Å². The fourth-order valence-electron chi connectivity index (χ4n) is 2.06. The standard InChI is InChI=1S/C17H21N/c1-13-8-9-16(10-15(13)3)11-18-12-17-7-5-4-6-14(17)2/h4-10,18H,11-12H2,1-3H3. The van der Waals surface area contributed by atoms with E-state index >= 15 is 0 Å². The van der Waals surface area contributed by atoms with Crippen LogP contribution in [0.3, 0.4) is 0 Å². The van der Waals surface area contributed by atoms with Crippen LogP contribution < -0.4 is 5.32 Å². The van der Waals surface area contributed by atoms with Crippen LogP contribution >= 0.6 is 0 Å². The Morgan fingerprint density at radius 3 is 2.28 bits per heavy atom. The minimum Gasteiger partial charge on any atom is -0.309 e. The SMILES string of the molecule is Cc1ccc(CNCc2ccccc2C)cc1C. The maximum Gasteiger partial charge on any atom is 0.0211 e. The van der Waals surface area contributed by atoms with Gasteiger partial charge in [0.05, 0.1) is 0 Å². The number of hydrogen-bond donors (Lipinski definition) is 1. The number of aryl methyl sites for hydroxylation is 3. The summed E-state index contributed by atoms with van der Waals surface area (Å²) >= 11 is 0. The lowest BCUT2D eigenvalue weighted by atomic mass is 10.1. The third-order valence-electron chi connectivity index (χ3n) is 3.48. The van der Waals surface area contributed by atoms with Crippen molar-refractivity contribution in [3.63, 3.8) is 0 Å². The molecule has 0 spiro atoms. The Morgan fingerprint density at radius 2 is 1.56 bits per heavy atom. The highest BCUT2D eigenvalue weighted by Crippen LogP contribution is 2.10. The van der Waals surface area contributed by atoms with E-state index < -0.39 is 0 Å². The Labute approximate surface area is 110 Å². The van der Waals surface area contributed by atoms with Crippen LogP contribution in [0.4, 0.5) is 0 Å². The zero-order chi connectivity index (χ0) is 13.0. The monoisotopic (exact) mass is 239 g/mol. The van der Waals surface area contributed by atoms with E-state index in [1.165, 1.54) is 27.8 Å². The van der Waals surface area contributed by atoms with Gasteiger partial charge < -0.3 is 5.32 Å². The molecule has 0 aliphatic carbocycles. The van der Waals surface area contributed by atoms with Crippen LogP contribution in [-0.2, 0) is 13.1 Å². The molecule has 0 bridgehead atoms. The van der Waals surface area contributed by atoms with Gasteiger partial charge in [0, 0.05) is 13.1 Å². The van der Waals surface area contributed by atoms with Crippen LogP contribution in [-0.4, -0.2) is 0 Å².